The van der Waals surface area contributed by atoms with Crippen LogP contribution in [0.15, 0.2) is 34.1 Å². The number of nitrogens with zero attached hydrogens (tertiary/aromatic N) is 2. The van der Waals surface area contributed by atoms with Crippen LogP contribution in [-0.2, 0) is 17.1 Å². The number of aromatic carboxylic acids is 1. The van der Waals surface area contributed by atoms with E-state index in [0.717, 1.165) is 25.7 Å². The van der Waals surface area contributed by atoms with Crippen molar-refractivity contribution in [3.63, 3.8) is 0 Å². The van der Waals surface area contributed by atoms with Crippen molar-refractivity contribution in [3.8, 4) is 0 Å². The maximum atomic E-state index is 12.9. The van der Waals surface area contributed by atoms with Crippen molar-refractivity contribution < 1.29 is 18.3 Å². The van der Waals surface area contributed by atoms with Gasteiger partial charge in [-0.25, -0.2) is 8.42 Å². The summed E-state index contributed by atoms with van der Waals surface area (Å²) in [6.07, 6.45) is 4.80. The molecule has 0 amide bonds. The molecule has 0 N–H and O–H groups in total. The van der Waals surface area contributed by atoms with Crippen molar-refractivity contribution in [3.05, 3.63) is 40.2 Å². The molecule has 8 heteroatoms. The van der Waals surface area contributed by atoms with Gasteiger partial charge in [-0.2, -0.15) is 4.31 Å². The lowest BCUT2D eigenvalue weighted by Gasteiger charge is -2.20. The van der Waals surface area contributed by atoms with E-state index in [-0.39, 0.29) is 10.3 Å². The maximum absolute atomic E-state index is 12.9. The summed E-state index contributed by atoms with van der Waals surface area (Å²) >= 11 is 0. The van der Waals surface area contributed by atoms with Gasteiger partial charge in [0.05, 0.1) is 21.9 Å². The standard InChI is InChI=1S/C17H20N2O5S/c1-18-11-14(17(21)22)16(20)13-10-12(6-7-15(13)18)25(23,24)19-8-4-2-3-5-9-19/h6-7,10-11H,2-5,8-9H2,1H3,(H,21,22)/p-1. The number of rotatable bonds is 3. The molecule has 1 saturated heterocycles. The summed E-state index contributed by atoms with van der Waals surface area (Å²) in [6, 6.07) is 4.26. The minimum atomic E-state index is -3.72. The highest BCUT2D eigenvalue weighted by Gasteiger charge is 2.25. The maximum Gasteiger partial charge on any atom is 0.243 e. The van der Waals surface area contributed by atoms with Crippen LogP contribution in [0.3, 0.4) is 0 Å². The molecule has 3 rings (SSSR count). The third kappa shape index (κ3) is 3.19. The first kappa shape index (κ1) is 17.6. The van der Waals surface area contributed by atoms with Gasteiger partial charge in [-0.1, -0.05) is 12.8 Å². The number of fused-ring (bicyclic) bond motifs is 1. The molecule has 1 aliphatic heterocycles. The average Bonchev–Trinajstić information content (AvgIpc) is 2.87. The number of carbonyl (C=O) groups excluding carboxylic acids is 1. The Bertz CT molecular complexity index is 986. The highest BCUT2D eigenvalue weighted by atomic mass is 32.2. The summed E-state index contributed by atoms with van der Waals surface area (Å²) in [5, 5.41) is 11.2. The predicted molar refractivity (Wildman–Crippen MR) is 90.7 cm³/mol. The Morgan fingerprint density at radius 2 is 1.76 bits per heavy atom. The second kappa shape index (κ2) is 6.61. The quantitative estimate of drug-likeness (QED) is 0.789. The number of carboxylic acid groups (broad SMARTS) is 1. The van der Waals surface area contributed by atoms with Crippen LogP contribution in [0.1, 0.15) is 36.0 Å². The van der Waals surface area contributed by atoms with Crippen LogP contribution >= 0.6 is 0 Å². The van der Waals surface area contributed by atoms with Crippen molar-refractivity contribution in [2.24, 2.45) is 7.05 Å². The van der Waals surface area contributed by atoms with Crippen LogP contribution in [0.25, 0.3) is 10.9 Å². The Morgan fingerprint density at radius 1 is 1.12 bits per heavy atom. The number of hydrogen-bond donors (Lipinski definition) is 0. The largest absolute Gasteiger partial charge is 0.545 e. The van der Waals surface area contributed by atoms with Crippen LogP contribution in [0.4, 0.5) is 0 Å². The first-order valence-electron chi connectivity index (χ1n) is 8.17. The Balaban J connectivity index is 2.16. The normalized spacial score (nSPS) is 16.7. The zero-order valence-corrected chi connectivity index (χ0v) is 14.7. The van der Waals surface area contributed by atoms with Crippen LogP contribution in [0, 0.1) is 0 Å². The fraction of sp³-hybridized carbons (Fsp3) is 0.412. The number of pyridine rings is 1. The van der Waals surface area contributed by atoms with E-state index in [4.69, 9.17) is 0 Å². The number of carboxylic acids is 1. The molecule has 1 aromatic carbocycles. The number of hydrogen-bond acceptors (Lipinski definition) is 5. The Morgan fingerprint density at radius 3 is 2.36 bits per heavy atom. The number of aromatic nitrogens is 1. The third-order valence-electron chi connectivity index (χ3n) is 4.58. The van der Waals surface area contributed by atoms with E-state index in [1.807, 2.05) is 0 Å². The molecule has 1 aromatic heterocycles. The molecule has 2 aromatic rings. The van der Waals surface area contributed by atoms with Gasteiger partial charge in [-0.15, -0.1) is 0 Å². The van der Waals surface area contributed by atoms with Crippen LogP contribution < -0.4 is 10.5 Å². The first-order valence-corrected chi connectivity index (χ1v) is 9.61. The van der Waals surface area contributed by atoms with Crippen LogP contribution in [0.5, 0.6) is 0 Å². The molecule has 0 spiro atoms. The van der Waals surface area contributed by atoms with E-state index in [1.54, 1.807) is 7.05 Å². The molecular formula is C17H19N2O5S-. The summed E-state index contributed by atoms with van der Waals surface area (Å²) in [4.78, 5) is 23.5. The molecule has 0 saturated carbocycles. The highest BCUT2D eigenvalue weighted by Crippen LogP contribution is 2.23. The van der Waals surface area contributed by atoms with Gasteiger partial charge in [0.25, 0.3) is 0 Å². The van der Waals surface area contributed by atoms with Crippen molar-refractivity contribution in [1.82, 2.24) is 8.87 Å². The van der Waals surface area contributed by atoms with Gasteiger partial charge < -0.3 is 14.5 Å². The van der Waals surface area contributed by atoms with Crippen molar-refractivity contribution in [2.45, 2.75) is 30.6 Å². The fourth-order valence-corrected chi connectivity index (χ4v) is 4.75. The van der Waals surface area contributed by atoms with E-state index < -0.39 is 27.0 Å². The topological polar surface area (TPSA) is 99.5 Å². The van der Waals surface area contributed by atoms with Gasteiger partial charge in [0.1, 0.15) is 0 Å². The molecule has 25 heavy (non-hydrogen) atoms. The van der Waals surface area contributed by atoms with Crippen molar-refractivity contribution in [2.75, 3.05) is 13.1 Å². The van der Waals surface area contributed by atoms with Gasteiger partial charge in [0, 0.05) is 31.7 Å². The number of sulfonamides is 1. The minimum Gasteiger partial charge on any atom is -0.545 e. The molecule has 0 bridgehead atoms. The van der Waals surface area contributed by atoms with Gasteiger partial charge >= 0.3 is 0 Å². The number of benzene rings is 1. The molecule has 7 nitrogen and oxygen atoms in total. The molecule has 0 atom stereocenters. The average molecular weight is 363 g/mol. The van der Waals surface area contributed by atoms with Gasteiger partial charge in [-0.05, 0) is 31.0 Å². The molecule has 1 aliphatic rings. The summed E-state index contributed by atoms with van der Waals surface area (Å²) in [5.41, 5.74) is -0.759. The lowest BCUT2D eigenvalue weighted by atomic mass is 10.1. The highest BCUT2D eigenvalue weighted by molar-refractivity contribution is 7.89. The lowest BCUT2D eigenvalue weighted by Crippen LogP contribution is -2.32. The number of carbonyl (C=O) groups is 1. The van der Waals surface area contributed by atoms with Crippen LogP contribution in [-0.4, -0.2) is 36.3 Å². The second-order valence-corrected chi connectivity index (χ2v) is 8.21. The zero-order chi connectivity index (χ0) is 18.2. The molecule has 0 unspecified atom stereocenters. The molecule has 0 radical (unpaired) electrons. The zero-order valence-electron chi connectivity index (χ0n) is 13.9. The monoisotopic (exact) mass is 363 g/mol. The summed E-state index contributed by atoms with van der Waals surface area (Å²) < 4.78 is 28.7. The molecule has 2 heterocycles. The van der Waals surface area contributed by atoms with E-state index in [9.17, 15) is 23.1 Å². The molecule has 1 fully saturated rings. The summed E-state index contributed by atoms with van der Waals surface area (Å²) in [5.74, 6) is -1.58. The predicted octanol–water partition coefficient (Wildman–Crippen LogP) is 0.467. The van der Waals surface area contributed by atoms with Crippen molar-refractivity contribution >= 4 is 26.9 Å². The van der Waals surface area contributed by atoms with Gasteiger partial charge in [-0.3, -0.25) is 4.79 Å². The Kier molecular flexibility index (Phi) is 4.66. The Hall–Kier alpha value is -2.19. The first-order chi connectivity index (χ1) is 11.8. The van der Waals surface area contributed by atoms with Gasteiger partial charge in [0.15, 0.2) is 5.43 Å². The molecular weight excluding hydrogens is 344 g/mol. The second-order valence-electron chi connectivity index (χ2n) is 6.27. The van der Waals surface area contributed by atoms with Crippen molar-refractivity contribution in [1.29, 1.82) is 0 Å². The molecule has 134 valence electrons. The van der Waals surface area contributed by atoms with E-state index in [2.05, 4.69) is 0 Å². The Labute approximate surface area is 145 Å². The van der Waals surface area contributed by atoms with E-state index in [0.29, 0.717) is 18.6 Å². The summed E-state index contributed by atoms with van der Waals surface area (Å²) in [6.45, 7) is 0.912. The minimum absolute atomic E-state index is 0.00879. The smallest absolute Gasteiger partial charge is 0.243 e. The number of aryl methyl sites for hydroxylation is 1. The SMILES string of the molecule is Cn1cc(C(=O)[O-])c(=O)c2cc(S(=O)(=O)N3CCCCCC3)ccc21. The lowest BCUT2D eigenvalue weighted by molar-refractivity contribution is -0.255. The van der Waals surface area contributed by atoms with E-state index >= 15 is 0 Å². The van der Waals surface area contributed by atoms with Gasteiger partial charge in [0.2, 0.25) is 10.0 Å². The van der Waals surface area contributed by atoms with Crippen LogP contribution in [0.2, 0.25) is 0 Å². The van der Waals surface area contributed by atoms with E-state index in [1.165, 1.54) is 33.3 Å². The molecule has 0 aliphatic carbocycles. The third-order valence-corrected chi connectivity index (χ3v) is 6.48. The summed E-state index contributed by atoms with van der Waals surface area (Å²) in [7, 11) is -2.12. The fourth-order valence-electron chi connectivity index (χ4n) is 3.21.